The van der Waals surface area contributed by atoms with E-state index in [1.165, 1.54) is 18.2 Å². The first-order chi connectivity index (χ1) is 12.8. The third kappa shape index (κ3) is 4.88. The molecule has 0 unspecified atom stereocenters. The number of benzene rings is 3. The fraction of sp³-hybridized carbons (Fsp3) is 0. The fourth-order valence-electron chi connectivity index (χ4n) is 2.31. The van der Waals surface area contributed by atoms with Gasteiger partial charge < -0.3 is 5.32 Å². The molecule has 0 aliphatic carbocycles. The minimum Gasteiger partial charge on any atom is -0.322 e. The molecule has 0 radical (unpaired) electrons. The highest BCUT2D eigenvalue weighted by atomic mass is 79.9. The van der Waals surface area contributed by atoms with Gasteiger partial charge in [0.25, 0.3) is 15.9 Å². The maximum atomic E-state index is 12.5. The zero-order chi connectivity index (χ0) is 19.4. The number of hydrogen-bond acceptors (Lipinski definition) is 3. The Morgan fingerprint density at radius 2 is 1.63 bits per heavy atom. The Morgan fingerprint density at radius 1 is 0.889 bits per heavy atom. The van der Waals surface area contributed by atoms with Crippen LogP contribution in [0.3, 0.4) is 0 Å². The highest BCUT2D eigenvalue weighted by Gasteiger charge is 2.15. The van der Waals surface area contributed by atoms with Gasteiger partial charge in [-0.05, 0) is 64.5 Å². The number of nitrogens with one attached hydrogen (secondary N) is 2. The first kappa shape index (κ1) is 19.4. The third-order valence-electron chi connectivity index (χ3n) is 3.61. The summed E-state index contributed by atoms with van der Waals surface area (Å²) in [6, 6.07) is 19.3. The summed E-state index contributed by atoms with van der Waals surface area (Å²) < 4.78 is 28.0. The second-order valence-electron chi connectivity index (χ2n) is 5.58. The van der Waals surface area contributed by atoms with Gasteiger partial charge in [0.2, 0.25) is 0 Å². The minimum atomic E-state index is -3.73. The third-order valence-corrected chi connectivity index (χ3v) is 6.24. The van der Waals surface area contributed by atoms with E-state index in [0.29, 0.717) is 22.0 Å². The lowest BCUT2D eigenvalue weighted by atomic mass is 10.2. The van der Waals surface area contributed by atoms with Crippen molar-refractivity contribution in [2.24, 2.45) is 0 Å². The van der Waals surface area contributed by atoms with Crippen LogP contribution < -0.4 is 10.0 Å². The zero-order valence-corrected chi connectivity index (χ0v) is 17.0. The van der Waals surface area contributed by atoms with Crippen molar-refractivity contribution in [1.29, 1.82) is 0 Å². The quantitative estimate of drug-likeness (QED) is 0.547. The van der Waals surface area contributed by atoms with Crippen molar-refractivity contribution in [3.63, 3.8) is 0 Å². The number of halogens is 2. The van der Waals surface area contributed by atoms with Crippen LogP contribution in [-0.4, -0.2) is 14.3 Å². The molecule has 8 heteroatoms. The van der Waals surface area contributed by atoms with Gasteiger partial charge >= 0.3 is 0 Å². The lowest BCUT2D eigenvalue weighted by molar-refractivity contribution is 0.102. The Kier molecular flexibility index (Phi) is 5.84. The lowest BCUT2D eigenvalue weighted by Crippen LogP contribution is -2.15. The number of anilines is 2. The molecule has 0 aliphatic heterocycles. The van der Waals surface area contributed by atoms with Crippen molar-refractivity contribution in [1.82, 2.24) is 0 Å². The van der Waals surface area contributed by atoms with E-state index < -0.39 is 10.0 Å². The monoisotopic (exact) mass is 464 g/mol. The number of hydrogen-bond donors (Lipinski definition) is 2. The molecule has 0 aromatic heterocycles. The number of carbonyl (C=O) groups excluding carboxylic acids is 1. The first-order valence-corrected chi connectivity index (χ1v) is 10.4. The highest BCUT2D eigenvalue weighted by molar-refractivity contribution is 9.10. The van der Waals surface area contributed by atoms with Crippen molar-refractivity contribution in [3.8, 4) is 0 Å². The molecule has 27 heavy (non-hydrogen) atoms. The fourth-order valence-corrected chi connectivity index (χ4v) is 3.81. The predicted octanol–water partition coefficient (Wildman–Crippen LogP) is 5.16. The number of sulfonamides is 1. The standard InChI is InChI=1S/C19H14BrClN2O3S/c20-17-10-9-14(12-18(17)21)22-19(24)13-5-4-6-15(11-13)23-27(25,26)16-7-2-1-3-8-16/h1-12,23H,(H,22,24). The van der Waals surface area contributed by atoms with Crippen molar-refractivity contribution in [2.75, 3.05) is 10.0 Å². The van der Waals surface area contributed by atoms with Crippen molar-refractivity contribution < 1.29 is 13.2 Å². The van der Waals surface area contributed by atoms with Crippen molar-refractivity contribution in [2.45, 2.75) is 4.90 Å². The van der Waals surface area contributed by atoms with Crippen LogP contribution in [0.2, 0.25) is 5.02 Å². The molecule has 0 aliphatic rings. The van der Waals surface area contributed by atoms with E-state index in [9.17, 15) is 13.2 Å². The molecule has 5 nitrogen and oxygen atoms in total. The summed E-state index contributed by atoms with van der Waals surface area (Å²) in [6.07, 6.45) is 0. The van der Waals surface area contributed by atoms with E-state index in [2.05, 4.69) is 26.0 Å². The SMILES string of the molecule is O=C(Nc1ccc(Br)c(Cl)c1)c1cccc(NS(=O)(=O)c2ccccc2)c1. The molecular weight excluding hydrogens is 452 g/mol. The van der Waals surface area contributed by atoms with Gasteiger partial charge in [-0.2, -0.15) is 0 Å². The Morgan fingerprint density at radius 3 is 2.33 bits per heavy atom. The van der Waals surface area contributed by atoms with Gasteiger partial charge in [0.05, 0.1) is 9.92 Å². The summed E-state index contributed by atoms with van der Waals surface area (Å²) in [5.74, 6) is -0.380. The molecule has 0 fully saturated rings. The Labute approximate surface area is 170 Å². The van der Waals surface area contributed by atoms with E-state index in [-0.39, 0.29) is 10.8 Å². The maximum absolute atomic E-state index is 12.5. The Balaban J connectivity index is 1.79. The summed E-state index contributed by atoms with van der Waals surface area (Å²) in [7, 11) is -3.73. The van der Waals surface area contributed by atoms with Gasteiger partial charge in [0.1, 0.15) is 0 Å². The van der Waals surface area contributed by atoms with E-state index in [4.69, 9.17) is 11.6 Å². The summed E-state index contributed by atoms with van der Waals surface area (Å²) >= 11 is 9.31. The summed E-state index contributed by atoms with van der Waals surface area (Å²) in [5, 5.41) is 3.20. The van der Waals surface area contributed by atoms with E-state index >= 15 is 0 Å². The van der Waals surface area contributed by atoms with Crippen LogP contribution in [0.5, 0.6) is 0 Å². The molecule has 3 aromatic rings. The van der Waals surface area contributed by atoms with Crippen molar-refractivity contribution in [3.05, 3.63) is 87.9 Å². The molecule has 0 atom stereocenters. The Bertz CT molecular complexity index is 1090. The van der Waals surface area contributed by atoms with Gasteiger partial charge in [-0.1, -0.05) is 35.9 Å². The van der Waals surface area contributed by atoms with E-state index in [1.54, 1.807) is 54.6 Å². The molecule has 3 rings (SSSR count). The van der Waals surface area contributed by atoms with Gasteiger partial charge in [0, 0.05) is 21.4 Å². The average molecular weight is 466 g/mol. The first-order valence-electron chi connectivity index (χ1n) is 7.79. The molecule has 1 amide bonds. The molecule has 0 heterocycles. The number of carbonyl (C=O) groups is 1. The smallest absolute Gasteiger partial charge is 0.261 e. The van der Waals surface area contributed by atoms with Crippen LogP contribution in [-0.2, 0) is 10.0 Å². The van der Waals surface area contributed by atoms with Crippen LogP contribution >= 0.6 is 27.5 Å². The van der Waals surface area contributed by atoms with Crippen LogP contribution in [0.25, 0.3) is 0 Å². The summed E-state index contributed by atoms with van der Waals surface area (Å²) in [6.45, 7) is 0. The van der Waals surface area contributed by atoms with Crippen molar-refractivity contribution >= 4 is 54.8 Å². The second-order valence-corrected chi connectivity index (χ2v) is 8.53. The average Bonchev–Trinajstić information content (AvgIpc) is 2.65. The molecule has 3 aromatic carbocycles. The molecule has 0 spiro atoms. The predicted molar refractivity (Wildman–Crippen MR) is 111 cm³/mol. The van der Waals surface area contributed by atoms with Gasteiger partial charge in [-0.3, -0.25) is 9.52 Å². The maximum Gasteiger partial charge on any atom is 0.261 e. The van der Waals surface area contributed by atoms with E-state index in [1.807, 2.05) is 0 Å². The summed E-state index contributed by atoms with van der Waals surface area (Å²) in [5.41, 5.74) is 1.13. The minimum absolute atomic E-state index is 0.143. The van der Waals surface area contributed by atoms with Crippen LogP contribution in [0.4, 0.5) is 11.4 Å². The van der Waals surface area contributed by atoms with E-state index in [0.717, 1.165) is 4.47 Å². The van der Waals surface area contributed by atoms with Crippen LogP contribution in [0.1, 0.15) is 10.4 Å². The lowest BCUT2D eigenvalue weighted by Gasteiger charge is -2.10. The zero-order valence-electron chi connectivity index (χ0n) is 13.8. The molecule has 0 saturated heterocycles. The second kappa shape index (κ2) is 8.12. The highest BCUT2D eigenvalue weighted by Crippen LogP contribution is 2.26. The topological polar surface area (TPSA) is 75.3 Å². The summed E-state index contributed by atoms with van der Waals surface area (Å²) in [4.78, 5) is 12.6. The number of rotatable bonds is 5. The van der Waals surface area contributed by atoms with Gasteiger partial charge in [-0.15, -0.1) is 0 Å². The normalized spacial score (nSPS) is 11.0. The largest absolute Gasteiger partial charge is 0.322 e. The molecule has 0 saturated carbocycles. The van der Waals surface area contributed by atoms with Crippen LogP contribution in [0.15, 0.2) is 82.2 Å². The number of amides is 1. The van der Waals surface area contributed by atoms with Gasteiger partial charge in [0.15, 0.2) is 0 Å². The van der Waals surface area contributed by atoms with Crippen LogP contribution in [0, 0.1) is 0 Å². The molecule has 2 N–H and O–H groups in total. The van der Waals surface area contributed by atoms with Gasteiger partial charge in [-0.25, -0.2) is 8.42 Å². The molecule has 138 valence electrons. The molecular formula is C19H14BrClN2O3S. The molecule has 0 bridgehead atoms. The Hall–Kier alpha value is -2.35.